The molecule has 0 saturated carbocycles. The van der Waals surface area contributed by atoms with E-state index in [1.807, 2.05) is 30.3 Å². The number of piperidine rings is 1. The first-order chi connectivity index (χ1) is 18.4. The minimum atomic E-state index is -0.300. The number of likely N-dealkylation sites (tertiary alicyclic amines) is 1. The Morgan fingerprint density at radius 3 is 2.50 bits per heavy atom. The summed E-state index contributed by atoms with van der Waals surface area (Å²) in [7, 11) is 0. The van der Waals surface area contributed by atoms with Crippen molar-refractivity contribution in [2.24, 2.45) is 0 Å². The van der Waals surface area contributed by atoms with Crippen molar-refractivity contribution in [2.45, 2.75) is 44.8 Å². The van der Waals surface area contributed by atoms with Gasteiger partial charge in [-0.1, -0.05) is 47.5 Å². The molecule has 1 fully saturated rings. The third-order valence-corrected chi connectivity index (χ3v) is 7.62. The van der Waals surface area contributed by atoms with E-state index >= 15 is 0 Å². The van der Waals surface area contributed by atoms with Crippen LogP contribution in [0.15, 0.2) is 60.9 Å². The van der Waals surface area contributed by atoms with Gasteiger partial charge in [0.25, 0.3) is 5.91 Å². The highest BCUT2D eigenvalue weighted by Crippen LogP contribution is 2.29. The summed E-state index contributed by atoms with van der Waals surface area (Å²) >= 11 is 12.2. The maximum Gasteiger partial charge on any atom is 0.254 e. The summed E-state index contributed by atoms with van der Waals surface area (Å²) in [5, 5.41) is 3.38. The van der Waals surface area contributed by atoms with Crippen LogP contribution in [0.1, 0.15) is 42.1 Å². The molecule has 1 unspecified atom stereocenters. The second kappa shape index (κ2) is 13.1. The van der Waals surface area contributed by atoms with Gasteiger partial charge < -0.3 is 15.1 Å². The van der Waals surface area contributed by atoms with Gasteiger partial charge in [-0.3, -0.25) is 9.78 Å². The molecular weight excluding hydrogens is 524 g/mol. The number of aromatic nitrogens is 1. The van der Waals surface area contributed by atoms with E-state index in [1.54, 1.807) is 12.1 Å². The Labute approximate surface area is 233 Å². The summed E-state index contributed by atoms with van der Waals surface area (Å²) in [5.74, 6) is -0.541. The van der Waals surface area contributed by atoms with E-state index in [9.17, 15) is 9.18 Å². The van der Waals surface area contributed by atoms with Gasteiger partial charge in [-0.05, 0) is 56.0 Å². The summed E-state index contributed by atoms with van der Waals surface area (Å²) in [4.78, 5) is 24.7. The lowest BCUT2D eigenvalue weighted by Gasteiger charge is -2.42. The first-order valence-corrected chi connectivity index (χ1v) is 13.4. The van der Waals surface area contributed by atoms with E-state index < -0.39 is 0 Å². The third kappa shape index (κ3) is 7.02. The van der Waals surface area contributed by atoms with Gasteiger partial charge in [0, 0.05) is 56.3 Å². The first kappa shape index (κ1) is 27.8. The van der Waals surface area contributed by atoms with Crippen molar-refractivity contribution in [3.63, 3.8) is 0 Å². The number of carbonyl (C=O) groups excluding carboxylic acids is 1. The van der Waals surface area contributed by atoms with Gasteiger partial charge in [-0.2, -0.15) is 0 Å². The van der Waals surface area contributed by atoms with Crippen LogP contribution in [0.25, 0.3) is 4.85 Å². The molecule has 4 rings (SSSR count). The molecule has 3 aromatic rings. The molecule has 198 valence electrons. The number of benzene rings is 2. The smallest absolute Gasteiger partial charge is 0.254 e. The van der Waals surface area contributed by atoms with Crippen LogP contribution in [0.2, 0.25) is 10.0 Å². The molecule has 1 saturated heterocycles. The largest absolute Gasteiger partial charge is 0.364 e. The fourth-order valence-corrected chi connectivity index (χ4v) is 5.45. The highest BCUT2D eigenvalue weighted by Gasteiger charge is 2.27. The first-order valence-electron chi connectivity index (χ1n) is 12.7. The summed E-state index contributed by atoms with van der Waals surface area (Å²) in [5.41, 5.74) is 2.80. The van der Waals surface area contributed by atoms with E-state index in [2.05, 4.69) is 31.9 Å². The van der Waals surface area contributed by atoms with Crippen LogP contribution in [-0.4, -0.2) is 47.5 Å². The molecule has 1 amide bonds. The Hall–Kier alpha value is -3.18. The van der Waals surface area contributed by atoms with Gasteiger partial charge >= 0.3 is 0 Å². The number of hydrogen-bond acceptors (Lipinski definition) is 4. The number of nitrogens with zero attached hydrogens (tertiary/aromatic N) is 4. The van der Waals surface area contributed by atoms with Gasteiger partial charge in [0.15, 0.2) is 5.69 Å². The Balaban J connectivity index is 1.34. The van der Waals surface area contributed by atoms with Gasteiger partial charge in [0.1, 0.15) is 5.82 Å². The molecule has 9 heteroatoms. The molecule has 0 radical (unpaired) electrons. The number of carbonyl (C=O) groups is 1. The van der Waals surface area contributed by atoms with Crippen LogP contribution in [-0.2, 0) is 6.54 Å². The average Bonchev–Trinajstić information content (AvgIpc) is 2.92. The van der Waals surface area contributed by atoms with Crippen molar-refractivity contribution >= 4 is 40.5 Å². The van der Waals surface area contributed by atoms with Crippen LogP contribution in [0.3, 0.4) is 0 Å². The zero-order valence-corrected chi connectivity index (χ0v) is 22.7. The molecule has 2 aromatic carbocycles. The van der Waals surface area contributed by atoms with E-state index in [0.29, 0.717) is 18.8 Å². The zero-order valence-electron chi connectivity index (χ0n) is 21.2. The van der Waals surface area contributed by atoms with E-state index in [0.717, 1.165) is 43.6 Å². The number of nitrogens with one attached hydrogen (secondary N) is 1. The molecule has 1 aliphatic heterocycles. The van der Waals surface area contributed by atoms with Gasteiger partial charge in [-0.25, -0.2) is 9.24 Å². The van der Waals surface area contributed by atoms with E-state index in [1.165, 1.54) is 18.5 Å². The number of halogens is 3. The molecule has 0 spiro atoms. The predicted molar refractivity (Wildman–Crippen MR) is 151 cm³/mol. The Morgan fingerprint density at radius 1 is 1.18 bits per heavy atom. The Morgan fingerprint density at radius 2 is 1.87 bits per heavy atom. The normalized spacial score (nSPS) is 15.0. The predicted octanol–water partition coefficient (Wildman–Crippen LogP) is 6.76. The van der Waals surface area contributed by atoms with Crippen molar-refractivity contribution in [3.8, 4) is 0 Å². The van der Waals surface area contributed by atoms with Crippen molar-refractivity contribution < 1.29 is 9.18 Å². The second-order valence-corrected chi connectivity index (χ2v) is 10.3. The molecule has 1 aliphatic rings. The highest BCUT2D eigenvalue weighted by molar-refractivity contribution is 6.39. The van der Waals surface area contributed by atoms with Gasteiger partial charge in [0.05, 0.1) is 22.2 Å². The Bertz CT molecular complexity index is 1270. The summed E-state index contributed by atoms with van der Waals surface area (Å²) in [6.45, 7) is 12.4. The molecule has 0 bridgehead atoms. The molecule has 0 aliphatic carbocycles. The highest BCUT2D eigenvalue weighted by atomic mass is 35.5. The number of amides is 1. The molecule has 1 atom stereocenters. The van der Waals surface area contributed by atoms with Crippen molar-refractivity contribution in [3.05, 3.63) is 99.3 Å². The fraction of sp³-hybridized carbons (Fsp3) is 0.345. The average molecular weight is 554 g/mol. The minimum Gasteiger partial charge on any atom is -0.364 e. The Kier molecular flexibility index (Phi) is 9.57. The molecule has 1 N–H and O–H groups in total. The molecule has 6 nitrogen and oxygen atoms in total. The molecule has 2 heterocycles. The second-order valence-electron chi connectivity index (χ2n) is 9.52. The van der Waals surface area contributed by atoms with Crippen LogP contribution >= 0.6 is 23.2 Å². The lowest BCUT2D eigenvalue weighted by molar-refractivity contribution is 0.0945. The fourth-order valence-electron chi connectivity index (χ4n) is 4.91. The number of pyridine rings is 1. The SMILES string of the molecule is [C-]#[N+]c1ccc(N(Cc2cccc(F)c2)C2CCN(C(C)CCNC(=O)c3c(Cl)cncc3Cl)CC2)cc1. The van der Waals surface area contributed by atoms with Gasteiger partial charge in [0.2, 0.25) is 0 Å². The zero-order chi connectivity index (χ0) is 27.1. The topological polar surface area (TPSA) is 52.8 Å². The monoisotopic (exact) mass is 553 g/mol. The maximum absolute atomic E-state index is 13.9. The molecule has 1 aromatic heterocycles. The summed E-state index contributed by atoms with van der Waals surface area (Å²) in [6.07, 6.45) is 5.52. The molecule has 38 heavy (non-hydrogen) atoms. The van der Waals surface area contributed by atoms with Crippen LogP contribution in [0.5, 0.6) is 0 Å². The number of hydrogen-bond donors (Lipinski definition) is 1. The lowest BCUT2D eigenvalue weighted by Crippen LogP contribution is -2.48. The van der Waals surface area contributed by atoms with Crippen molar-refractivity contribution in [2.75, 3.05) is 24.5 Å². The van der Waals surface area contributed by atoms with Crippen LogP contribution in [0, 0.1) is 12.4 Å². The maximum atomic E-state index is 13.9. The standard InChI is InChI=1S/C29H30Cl2FN5O/c1-20(10-13-35-29(38)28-26(30)17-34-18-27(28)31)36-14-11-25(12-15-36)37(19-21-4-3-5-22(32)16-21)24-8-6-23(33-2)7-9-24/h3-9,16-18,20,25H,10-15,19H2,1H3,(H,35,38). The summed E-state index contributed by atoms with van der Waals surface area (Å²) in [6, 6.07) is 14.9. The lowest BCUT2D eigenvalue weighted by atomic mass is 9.99. The van der Waals surface area contributed by atoms with E-state index in [-0.39, 0.29) is 39.4 Å². The van der Waals surface area contributed by atoms with Crippen LogP contribution < -0.4 is 10.2 Å². The van der Waals surface area contributed by atoms with Crippen molar-refractivity contribution in [1.82, 2.24) is 15.2 Å². The minimum absolute atomic E-state index is 0.233. The van der Waals surface area contributed by atoms with E-state index in [4.69, 9.17) is 29.8 Å². The van der Waals surface area contributed by atoms with Crippen LogP contribution in [0.4, 0.5) is 15.8 Å². The summed E-state index contributed by atoms with van der Waals surface area (Å²) < 4.78 is 13.9. The quantitative estimate of drug-likeness (QED) is 0.297. The van der Waals surface area contributed by atoms with Gasteiger partial charge in [-0.15, -0.1) is 0 Å². The number of rotatable bonds is 9. The molecular formula is C29H30Cl2FN5O. The third-order valence-electron chi connectivity index (χ3n) is 7.04. The number of anilines is 1. The van der Waals surface area contributed by atoms with Crippen molar-refractivity contribution in [1.29, 1.82) is 0 Å².